The van der Waals surface area contributed by atoms with Crippen molar-refractivity contribution in [2.24, 2.45) is 5.92 Å². The van der Waals surface area contributed by atoms with Gasteiger partial charge in [-0.3, -0.25) is 4.79 Å². The Kier molecular flexibility index (Phi) is 5.95. The molecular formula is C16H23FN2O4S. The molecule has 1 aromatic rings. The van der Waals surface area contributed by atoms with E-state index in [9.17, 15) is 17.6 Å². The van der Waals surface area contributed by atoms with Gasteiger partial charge in [-0.05, 0) is 44.7 Å². The highest BCUT2D eigenvalue weighted by atomic mass is 32.2. The first-order valence-electron chi connectivity index (χ1n) is 7.86. The number of amides is 1. The van der Waals surface area contributed by atoms with Crippen LogP contribution >= 0.6 is 0 Å². The molecule has 2 rings (SSSR count). The SMILES string of the molecule is COC(C1CC1)C(C)NC(=O)[C@H](C)NS(=O)(=O)c1ccccc1F. The summed E-state index contributed by atoms with van der Waals surface area (Å²) >= 11 is 0. The van der Waals surface area contributed by atoms with Gasteiger partial charge in [-0.25, -0.2) is 12.8 Å². The van der Waals surface area contributed by atoms with E-state index in [0.29, 0.717) is 5.92 Å². The molecule has 0 saturated heterocycles. The largest absolute Gasteiger partial charge is 0.379 e. The van der Waals surface area contributed by atoms with Gasteiger partial charge < -0.3 is 10.1 Å². The van der Waals surface area contributed by atoms with E-state index in [1.54, 1.807) is 7.11 Å². The molecule has 0 bridgehead atoms. The fraction of sp³-hybridized carbons (Fsp3) is 0.562. The summed E-state index contributed by atoms with van der Waals surface area (Å²) < 4.78 is 45.7. The quantitative estimate of drug-likeness (QED) is 0.736. The van der Waals surface area contributed by atoms with E-state index in [-0.39, 0.29) is 12.1 Å². The summed E-state index contributed by atoms with van der Waals surface area (Å²) in [5.41, 5.74) is 0. The van der Waals surface area contributed by atoms with E-state index in [4.69, 9.17) is 4.74 Å². The van der Waals surface area contributed by atoms with E-state index in [0.717, 1.165) is 25.0 Å². The second-order valence-electron chi connectivity index (χ2n) is 6.11. The zero-order valence-corrected chi connectivity index (χ0v) is 14.8. The third kappa shape index (κ3) is 4.52. The Bertz CT molecular complexity index is 691. The van der Waals surface area contributed by atoms with E-state index in [1.165, 1.54) is 19.1 Å². The van der Waals surface area contributed by atoms with Crippen LogP contribution in [0.4, 0.5) is 4.39 Å². The first kappa shape index (κ1) is 18.8. The molecule has 1 aromatic carbocycles. The van der Waals surface area contributed by atoms with Crippen LogP contribution in [0.1, 0.15) is 26.7 Å². The highest BCUT2D eigenvalue weighted by Gasteiger charge is 2.36. The van der Waals surface area contributed by atoms with Gasteiger partial charge in [0.1, 0.15) is 10.7 Å². The van der Waals surface area contributed by atoms with Crippen molar-refractivity contribution in [3.63, 3.8) is 0 Å². The maximum atomic E-state index is 13.7. The number of rotatable bonds is 8. The molecule has 1 fully saturated rings. The third-order valence-electron chi connectivity index (χ3n) is 4.07. The molecule has 1 amide bonds. The minimum atomic E-state index is -4.12. The number of methoxy groups -OCH3 is 1. The average molecular weight is 358 g/mol. The number of ether oxygens (including phenoxy) is 1. The fourth-order valence-corrected chi connectivity index (χ4v) is 3.96. The Labute approximate surface area is 141 Å². The Hall–Kier alpha value is -1.51. The zero-order valence-electron chi connectivity index (χ0n) is 14.0. The minimum absolute atomic E-state index is 0.0932. The van der Waals surface area contributed by atoms with Crippen LogP contribution in [0.5, 0.6) is 0 Å². The van der Waals surface area contributed by atoms with Gasteiger partial charge in [-0.15, -0.1) is 0 Å². The van der Waals surface area contributed by atoms with Crippen LogP contribution in [0.15, 0.2) is 29.2 Å². The van der Waals surface area contributed by atoms with Gasteiger partial charge >= 0.3 is 0 Å². The highest BCUT2D eigenvalue weighted by Crippen LogP contribution is 2.35. The van der Waals surface area contributed by atoms with Crippen molar-refractivity contribution >= 4 is 15.9 Å². The van der Waals surface area contributed by atoms with Crippen LogP contribution in [0.2, 0.25) is 0 Å². The van der Waals surface area contributed by atoms with Crippen LogP contribution in [-0.4, -0.2) is 39.6 Å². The molecule has 3 atom stereocenters. The van der Waals surface area contributed by atoms with Gasteiger partial charge in [0, 0.05) is 7.11 Å². The number of hydrogen-bond donors (Lipinski definition) is 2. The first-order chi connectivity index (χ1) is 11.3. The zero-order chi connectivity index (χ0) is 17.9. The van der Waals surface area contributed by atoms with Crippen LogP contribution in [0.25, 0.3) is 0 Å². The molecule has 2 N–H and O–H groups in total. The van der Waals surface area contributed by atoms with Crippen molar-refractivity contribution in [2.75, 3.05) is 7.11 Å². The molecule has 0 spiro atoms. The maximum absolute atomic E-state index is 13.7. The summed E-state index contributed by atoms with van der Waals surface area (Å²) in [4.78, 5) is 11.7. The topological polar surface area (TPSA) is 84.5 Å². The predicted molar refractivity (Wildman–Crippen MR) is 87.3 cm³/mol. The molecule has 2 unspecified atom stereocenters. The van der Waals surface area contributed by atoms with Crippen molar-refractivity contribution in [1.29, 1.82) is 0 Å². The second-order valence-corrected chi connectivity index (χ2v) is 7.79. The summed E-state index contributed by atoms with van der Waals surface area (Å²) in [6.07, 6.45) is 2.03. The van der Waals surface area contributed by atoms with E-state index < -0.39 is 32.7 Å². The summed E-state index contributed by atoms with van der Waals surface area (Å²) in [5.74, 6) is -0.917. The van der Waals surface area contributed by atoms with Crippen molar-refractivity contribution in [2.45, 2.75) is 49.8 Å². The van der Waals surface area contributed by atoms with Crippen LogP contribution in [0.3, 0.4) is 0 Å². The lowest BCUT2D eigenvalue weighted by Gasteiger charge is -2.25. The third-order valence-corrected chi connectivity index (χ3v) is 5.65. The van der Waals surface area contributed by atoms with Gasteiger partial charge in [0.05, 0.1) is 18.2 Å². The number of nitrogens with one attached hydrogen (secondary N) is 2. The number of hydrogen-bond acceptors (Lipinski definition) is 4. The number of sulfonamides is 1. The number of benzene rings is 1. The Morgan fingerprint density at radius 3 is 2.46 bits per heavy atom. The Morgan fingerprint density at radius 1 is 1.29 bits per heavy atom. The lowest BCUT2D eigenvalue weighted by molar-refractivity contribution is -0.124. The van der Waals surface area contributed by atoms with Crippen LogP contribution in [-0.2, 0) is 19.6 Å². The van der Waals surface area contributed by atoms with Crippen molar-refractivity contribution in [3.8, 4) is 0 Å². The molecule has 0 heterocycles. The summed E-state index contributed by atoms with van der Waals surface area (Å²) in [7, 11) is -2.52. The van der Waals surface area contributed by atoms with Gasteiger partial charge in [-0.1, -0.05) is 12.1 Å². The minimum Gasteiger partial charge on any atom is -0.379 e. The second kappa shape index (κ2) is 7.58. The lowest BCUT2D eigenvalue weighted by Crippen LogP contribution is -2.51. The average Bonchev–Trinajstić information content (AvgIpc) is 3.32. The Morgan fingerprint density at radius 2 is 1.92 bits per heavy atom. The summed E-state index contributed by atoms with van der Waals surface area (Å²) in [6.45, 7) is 3.24. The molecule has 6 nitrogen and oxygen atoms in total. The number of carbonyl (C=O) groups excluding carboxylic acids is 1. The number of carbonyl (C=O) groups is 1. The molecule has 134 valence electrons. The van der Waals surface area contributed by atoms with Crippen molar-refractivity contribution in [3.05, 3.63) is 30.1 Å². The molecule has 1 saturated carbocycles. The van der Waals surface area contributed by atoms with E-state index in [1.807, 2.05) is 6.92 Å². The molecule has 0 radical (unpaired) electrons. The first-order valence-corrected chi connectivity index (χ1v) is 9.34. The normalized spacial score (nSPS) is 18.7. The maximum Gasteiger partial charge on any atom is 0.244 e. The molecule has 1 aliphatic rings. The lowest BCUT2D eigenvalue weighted by atomic mass is 10.1. The van der Waals surface area contributed by atoms with Crippen LogP contribution in [0, 0.1) is 11.7 Å². The fourth-order valence-electron chi connectivity index (χ4n) is 2.67. The summed E-state index contributed by atoms with van der Waals surface area (Å²) in [5, 5.41) is 2.76. The molecule has 0 aromatic heterocycles. The van der Waals surface area contributed by atoms with E-state index >= 15 is 0 Å². The molecule has 8 heteroatoms. The van der Waals surface area contributed by atoms with Crippen molar-refractivity contribution in [1.82, 2.24) is 10.0 Å². The molecular weight excluding hydrogens is 335 g/mol. The van der Waals surface area contributed by atoms with Gasteiger partial charge in [0.15, 0.2) is 0 Å². The van der Waals surface area contributed by atoms with Gasteiger partial charge in [0.25, 0.3) is 0 Å². The van der Waals surface area contributed by atoms with Gasteiger partial charge in [0.2, 0.25) is 15.9 Å². The molecule has 24 heavy (non-hydrogen) atoms. The predicted octanol–water partition coefficient (Wildman–Crippen LogP) is 1.42. The number of halogens is 1. The van der Waals surface area contributed by atoms with Gasteiger partial charge in [-0.2, -0.15) is 4.72 Å². The Balaban J connectivity index is 1.99. The van der Waals surface area contributed by atoms with E-state index in [2.05, 4.69) is 10.0 Å². The summed E-state index contributed by atoms with van der Waals surface area (Å²) in [6, 6.07) is 3.75. The molecule has 0 aliphatic heterocycles. The standard InChI is InChI=1S/C16H23FN2O4S/c1-10(15(23-3)12-8-9-12)18-16(20)11(2)19-24(21,22)14-7-5-4-6-13(14)17/h4-7,10-12,15,19H,8-9H2,1-3H3,(H,18,20)/t10?,11-,15?/m0/s1. The van der Waals surface area contributed by atoms with Crippen molar-refractivity contribution < 1.29 is 22.3 Å². The molecule has 1 aliphatic carbocycles. The van der Waals surface area contributed by atoms with Crippen LogP contribution < -0.4 is 10.0 Å². The highest BCUT2D eigenvalue weighted by molar-refractivity contribution is 7.89. The smallest absolute Gasteiger partial charge is 0.244 e. The monoisotopic (exact) mass is 358 g/mol.